The fraction of sp³-hybridized carbons (Fsp3) is 0.632. The van der Waals surface area contributed by atoms with Crippen molar-refractivity contribution in [1.29, 1.82) is 0 Å². The topological polar surface area (TPSA) is 17.1 Å². The van der Waals surface area contributed by atoms with E-state index in [1.165, 1.54) is 26.7 Å². The molecule has 0 aromatic heterocycles. The molecule has 0 fully saturated rings. The molecule has 1 rings (SSSR count). The molecule has 0 saturated carbocycles. The Balaban J connectivity index is 0.000000585. The second-order valence-corrected chi connectivity index (χ2v) is 6.85. The van der Waals surface area contributed by atoms with Crippen LogP contribution in [0.15, 0.2) is 18.2 Å². The predicted molar refractivity (Wildman–Crippen MR) is 94.7 cm³/mol. The highest BCUT2D eigenvalue weighted by Crippen LogP contribution is 2.24. The maximum absolute atomic E-state index is 13.1. The van der Waals surface area contributed by atoms with E-state index in [9.17, 15) is 13.6 Å². The Morgan fingerprint density at radius 2 is 1.61 bits per heavy atom. The van der Waals surface area contributed by atoms with Gasteiger partial charge in [-0.3, -0.25) is 0 Å². The SMILES string of the molecule is CC(=O)[B]C(c1ccc(F)c(F)c1)C(C)C.CCC(C)C(C)C. The van der Waals surface area contributed by atoms with E-state index in [1.54, 1.807) is 0 Å². The van der Waals surface area contributed by atoms with E-state index in [4.69, 9.17) is 0 Å². The van der Waals surface area contributed by atoms with Gasteiger partial charge in [0.05, 0.1) is 5.68 Å². The van der Waals surface area contributed by atoms with Crippen molar-refractivity contribution in [2.24, 2.45) is 17.8 Å². The molecule has 2 atom stereocenters. The van der Waals surface area contributed by atoms with Gasteiger partial charge in [-0.15, -0.1) is 0 Å². The third-order valence-electron chi connectivity index (χ3n) is 4.24. The molecular weight excluding hydrogens is 293 g/mol. The predicted octanol–water partition coefficient (Wildman–Crippen LogP) is 5.60. The second kappa shape index (κ2) is 10.6. The maximum Gasteiger partial charge on any atom is 0.210 e. The van der Waals surface area contributed by atoms with Crippen molar-refractivity contribution < 1.29 is 13.6 Å². The Morgan fingerprint density at radius 3 is 1.91 bits per heavy atom. The Hall–Kier alpha value is -1.19. The minimum absolute atomic E-state index is 0.0663. The van der Waals surface area contributed by atoms with Crippen LogP contribution in [0.5, 0.6) is 0 Å². The molecule has 0 aliphatic carbocycles. The van der Waals surface area contributed by atoms with E-state index >= 15 is 0 Å². The maximum atomic E-state index is 13.1. The van der Waals surface area contributed by atoms with E-state index in [0.29, 0.717) is 5.56 Å². The van der Waals surface area contributed by atoms with Crippen LogP contribution >= 0.6 is 0 Å². The fourth-order valence-electron chi connectivity index (χ4n) is 2.12. The van der Waals surface area contributed by atoms with Gasteiger partial charge in [-0.2, -0.15) is 0 Å². The summed E-state index contributed by atoms with van der Waals surface area (Å²) >= 11 is 0. The zero-order valence-electron chi connectivity index (χ0n) is 15.5. The number of carbonyl (C=O) groups excluding carboxylic acids is 1. The van der Waals surface area contributed by atoms with Crippen LogP contribution in [0.3, 0.4) is 0 Å². The van der Waals surface area contributed by atoms with Crippen LogP contribution in [0.25, 0.3) is 0 Å². The van der Waals surface area contributed by atoms with Gasteiger partial charge in [-0.05, 0) is 48.2 Å². The first kappa shape index (κ1) is 21.8. The molecule has 4 heteroatoms. The lowest BCUT2D eigenvalue weighted by atomic mass is 9.55. The molecule has 129 valence electrons. The van der Waals surface area contributed by atoms with Gasteiger partial charge in [-0.25, -0.2) is 8.78 Å². The number of hydrogen-bond acceptors (Lipinski definition) is 1. The fourth-order valence-corrected chi connectivity index (χ4v) is 2.12. The molecule has 0 bridgehead atoms. The lowest BCUT2D eigenvalue weighted by Gasteiger charge is -2.19. The van der Waals surface area contributed by atoms with Crippen molar-refractivity contribution >= 4 is 13.0 Å². The van der Waals surface area contributed by atoms with Gasteiger partial charge < -0.3 is 4.79 Å². The smallest absolute Gasteiger partial charge is 0.210 e. The summed E-state index contributed by atoms with van der Waals surface area (Å²) < 4.78 is 25.8. The number of benzene rings is 1. The molecular formula is C19H30BF2O. The van der Waals surface area contributed by atoms with E-state index in [0.717, 1.165) is 24.0 Å². The summed E-state index contributed by atoms with van der Waals surface area (Å²) in [7, 11) is 1.54. The second-order valence-electron chi connectivity index (χ2n) is 6.85. The lowest BCUT2D eigenvalue weighted by Crippen LogP contribution is -2.20. The first-order chi connectivity index (χ1) is 10.6. The normalized spacial score (nSPS) is 13.3. The van der Waals surface area contributed by atoms with Gasteiger partial charge >= 0.3 is 0 Å². The van der Waals surface area contributed by atoms with Gasteiger partial charge in [0.2, 0.25) is 7.28 Å². The molecule has 0 heterocycles. The molecule has 2 unspecified atom stereocenters. The third-order valence-corrected chi connectivity index (χ3v) is 4.24. The number of rotatable bonds is 6. The van der Waals surface area contributed by atoms with Crippen LogP contribution in [0, 0.1) is 29.4 Å². The van der Waals surface area contributed by atoms with Crippen LogP contribution in [-0.4, -0.2) is 13.0 Å². The van der Waals surface area contributed by atoms with Crippen molar-refractivity contribution in [1.82, 2.24) is 0 Å². The molecule has 1 nitrogen and oxygen atoms in total. The highest BCUT2D eigenvalue weighted by atomic mass is 19.2. The summed E-state index contributed by atoms with van der Waals surface area (Å²) in [6.45, 7) is 14.4. The van der Waals surface area contributed by atoms with Gasteiger partial charge in [0.15, 0.2) is 11.6 Å². The summed E-state index contributed by atoms with van der Waals surface area (Å²) in [5.74, 6) is 0.0144. The zero-order chi connectivity index (χ0) is 18.2. The highest BCUT2D eigenvalue weighted by Gasteiger charge is 2.20. The number of halogens is 2. The highest BCUT2D eigenvalue weighted by molar-refractivity contribution is 6.74. The summed E-state index contributed by atoms with van der Waals surface area (Å²) in [5, 5.41) is 0. The van der Waals surface area contributed by atoms with Gasteiger partial charge in [0.25, 0.3) is 0 Å². The van der Waals surface area contributed by atoms with Crippen molar-refractivity contribution in [3.8, 4) is 0 Å². The standard InChI is InChI=1S/C12H14BF2O.C7H16/c1-7(2)12(13-8(3)16)9-4-5-10(14)11(15)6-9;1-5-7(4)6(2)3/h4-7,12H,1-3H3;6-7H,5H2,1-4H3. The van der Waals surface area contributed by atoms with Crippen molar-refractivity contribution in [3.05, 3.63) is 35.4 Å². The van der Waals surface area contributed by atoms with Gasteiger partial charge in [-0.1, -0.05) is 54.0 Å². The largest absolute Gasteiger partial charge is 0.312 e. The van der Waals surface area contributed by atoms with Crippen molar-refractivity contribution in [2.45, 2.75) is 60.7 Å². The summed E-state index contributed by atoms with van der Waals surface area (Å²) in [5.41, 5.74) is 0.563. The third kappa shape index (κ3) is 8.29. The molecule has 0 saturated heterocycles. The Kier molecular flexibility index (Phi) is 10.0. The molecule has 1 aromatic carbocycles. The lowest BCUT2D eigenvalue weighted by molar-refractivity contribution is -0.110. The minimum atomic E-state index is -0.875. The Bertz CT molecular complexity index is 486. The molecule has 1 aromatic rings. The average Bonchev–Trinajstić information content (AvgIpc) is 2.47. The number of carbonyl (C=O) groups is 1. The Labute approximate surface area is 141 Å². The zero-order valence-corrected chi connectivity index (χ0v) is 15.5. The Morgan fingerprint density at radius 1 is 1.04 bits per heavy atom. The van der Waals surface area contributed by atoms with Crippen LogP contribution in [0.2, 0.25) is 0 Å². The monoisotopic (exact) mass is 323 g/mol. The van der Waals surface area contributed by atoms with E-state index in [-0.39, 0.29) is 17.4 Å². The quantitative estimate of drug-likeness (QED) is 0.623. The molecule has 0 amide bonds. The van der Waals surface area contributed by atoms with Gasteiger partial charge in [0.1, 0.15) is 0 Å². The molecule has 0 spiro atoms. The molecule has 1 radical (unpaired) electrons. The first-order valence-corrected chi connectivity index (χ1v) is 8.40. The summed E-state index contributed by atoms with van der Waals surface area (Å²) in [6, 6.07) is 3.76. The van der Waals surface area contributed by atoms with Gasteiger partial charge in [0, 0.05) is 0 Å². The molecule has 23 heavy (non-hydrogen) atoms. The van der Waals surface area contributed by atoms with Crippen LogP contribution < -0.4 is 0 Å². The van der Waals surface area contributed by atoms with Crippen LogP contribution in [0.1, 0.15) is 66.3 Å². The average molecular weight is 323 g/mol. The molecule has 0 aliphatic rings. The van der Waals surface area contributed by atoms with Crippen LogP contribution in [0.4, 0.5) is 8.78 Å². The minimum Gasteiger partial charge on any atom is -0.312 e. The van der Waals surface area contributed by atoms with Crippen molar-refractivity contribution in [2.75, 3.05) is 0 Å². The van der Waals surface area contributed by atoms with E-state index in [2.05, 4.69) is 27.7 Å². The van der Waals surface area contributed by atoms with E-state index in [1.807, 2.05) is 13.8 Å². The first-order valence-electron chi connectivity index (χ1n) is 8.40. The van der Waals surface area contributed by atoms with Crippen LogP contribution in [-0.2, 0) is 4.79 Å². The summed E-state index contributed by atoms with van der Waals surface area (Å²) in [6.07, 6.45) is 1.32. The molecule has 0 aliphatic heterocycles. The molecule has 0 N–H and O–H groups in total. The number of hydrogen-bond donors (Lipinski definition) is 0. The van der Waals surface area contributed by atoms with E-state index < -0.39 is 11.6 Å². The summed E-state index contributed by atoms with van der Waals surface area (Å²) in [4.78, 5) is 11.1. The van der Waals surface area contributed by atoms with Crippen molar-refractivity contribution in [3.63, 3.8) is 0 Å².